The highest BCUT2D eigenvalue weighted by molar-refractivity contribution is 7.17. The van der Waals surface area contributed by atoms with E-state index in [1.807, 2.05) is 43.3 Å². The molecule has 8 heteroatoms. The van der Waals surface area contributed by atoms with Crippen LogP contribution in [0.25, 0.3) is 21.5 Å². The van der Waals surface area contributed by atoms with Crippen molar-refractivity contribution in [2.24, 2.45) is 0 Å². The number of nitrogens with zero attached hydrogens (tertiary/aromatic N) is 2. The van der Waals surface area contributed by atoms with Crippen LogP contribution >= 0.6 is 22.7 Å². The fourth-order valence-corrected chi connectivity index (χ4v) is 4.75. The third-order valence-electron chi connectivity index (χ3n) is 4.43. The van der Waals surface area contributed by atoms with E-state index in [1.54, 1.807) is 31.3 Å². The zero-order valence-corrected chi connectivity index (χ0v) is 18.3. The Morgan fingerprint density at radius 1 is 1.07 bits per heavy atom. The number of thiophene rings is 1. The van der Waals surface area contributed by atoms with Crippen molar-refractivity contribution in [1.82, 2.24) is 9.97 Å². The topological polar surface area (TPSA) is 81.2 Å². The van der Waals surface area contributed by atoms with Crippen molar-refractivity contribution in [3.63, 3.8) is 0 Å². The molecule has 1 N–H and O–H groups in total. The number of aromatic nitrogens is 2. The highest BCUT2D eigenvalue weighted by atomic mass is 32.1. The lowest BCUT2D eigenvalue weighted by Gasteiger charge is -2.08. The van der Waals surface area contributed by atoms with Crippen LogP contribution in [0.3, 0.4) is 0 Å². The number of rotatable bonds is 5. The molecule has 3 aromatic heterocycles. The van der Waals surface area contributed by atoms with Gasteiger partial charge in [0.05, 0.1) is 34.0 Å². The fourth-order valence-electron chi connectivity index (χ4n) is 3.06. The Morgan fingerprint density at radius 2 is 1.87 bits per heavy atom. The van der Waals surface area contributed by atoms with E-state index in [0.717, 1.165) is 32.8 Å². The average Bonchev–Trinajstić information content (AvgIpc) is 3.32. The third-order valence-corrected chi connectivity index (χ3v) is 6.51. The summed E-state index contributed by atoms with van der Waals surface area (Å²) in [5.74, 6) is -0.731. The number of amides is 1. The van der Waals surface area contributed by atoms with Gasteiger partial charge in [-0.3, -0.25) is 10.1 Å². The molecule has 3 heterocycles. The first-order valence-electron chi connectivity index (χ1n) is 9.38. The second-order valence-electron chi connectivity index (χ2n) is 6.59. The number of ether oxygens (including phenoxy) is 1. The van der Waals surface area contributed by atoms with Gasteiger partial charge in [0.15, 0.2) is 5.13 Å². The molecule has 0 aliphatic carbocycles. The van der Waals surface area contributed by atoms with Crippen molar-refractivity contribution in [1.29, 1.82) is 0 Å². The summed E-state index contributed by atoms with van der Waals surface area (Å²) in [4.78, 5) is 36.8. The Kier molecular flexibility index (Phi) is 5.61. The second-order valence-corrected chi connectivity index (χ2v) is 8.88. The van der Waals surface area contributed by atoms with Gasteiger partial charge < -0.3 is 4.74 Å². The molecule has 0 aliphatic rings. The van der Waals surface area contributed by atoms with E-state index in [2.05, 4.69) is 10.3 Å². The minimum atomic E-state index is -0.433. The van der Waals surface area contributed by atoms with Gasteiger partial charge in [-0.05, 0) is 45.0 Å². The number of esters is 1. The van der Waals surface area contributed by atoms with Gasteiger partial charge in [0.25, 0.3) is 5.91 Å². The Balaban J connectivity index is 1.71. The number of para-hydroxylation sites is 1. The number of hydrogen-bond acceptors (Lipinski definition) is 7. The fraction of sp³-hybridized carbons (Fsp3) is 0.182. The van der Waals surface area contributed by atoms with Crippen molar-refractivity contribution < 1.29 is 14.3 Å². The number of pyridine rings is 1. The first-order valence-corrected chi connectivity index (χ1v) is 11.0. The van der Waals surface area contributed by atoms with Gasteiger partial charge in [-0.25, -0.2) is 14.8 Å². The van der Waals surface area contributed by atoms with Gasteiger partial charge in [-0.15, -0.1) is 11.3 Å². The van der Waals surface area contributed by atoms with Crippen LogP contribution in [0.15, 0.2) is 42.5 Å². The highest BCUT2D eigenvalue weighted by Gasteiger charge is 2.20. The van der Waals surface area contributed by atoms with Crippen LogP contribution in [0, 0.1) is 13.8 Å². The van der Waals surface area contributed by atoms with Crippen LogP contribution in [-0.4, -0.2) is 28.5 Å². The average molecular weight is 438 g/mol. The highest BCUT2D eigenvalue weighted by Crippen LogP contribution is 2.31. The molecule has 1 amide bonds. The Labute approximate surface area is 181 Å². The van der Waals surface area contributed by atoms with E-state index in [4.69, 9.17) is 9.72 Å². The normalized spacial score (nSPS) is 10.9. The summed E-state index contributed by atoms with van der Waals surface area (Å²) >= 11 is 2.74. The molecule has 152 valence electrons. The first-order chi connectivity index (χ1) is 14.5. The molecule has 6 nitrogen and oxygen atoms in total. The first kappa shape index (κ1) is 20.2. The largest absolute Gasteiger partial charge is 0.462 e. The molecule has 4 rings (SSSR count). The SMILES string of the molecule is CCOC(=O)c1sc(NC(=O)c2cc(-c3ccc(C)s3)nc3ccccc23)nc1C. The molecule has 1 aromatic carbocycles. The smallest absolute Gasteiger partial charge is 0.350 e. The van der Waals surface area contributed by atoms with E-state index in [0.29, 0.717) is 21.3 Å². The molecule has 0 aliphatic heterocycles. The summed E-state index contributed by atoms with van der Waals surface area (Å²) in [6.45, 7) is 5.79. The van der Waals surface area contributed by atoms with Crippen molar-refractivity contribution in [3.05, 3.63) is 63.5 Å². The predicted molar refractivity (Wildman–Crippen MR) is 121 cm³/mol. The summed E-state index contributed by atoms with van der Waals surface area (Å²) in [5, 5.41) is 3.94. The minimum absolute atomic E-state index is 0.284. The van der Waals surface area contributed by atoms with Gasteiger partial charge in [-0.2, -0.15) is 0 Å². The number of carbonyl (C=O) groups excluding carboxylic acids is 2. The van der Waals surface area contributed by atoms with E-state index >= 15 is 0 Å². The van der Waals surface area contributed by atoms with Crippen molar-refractivity contribution in [2.45, 2.75) is 20.8 Å². The molecular formula is C22H19N3O3S2. The van der Waals surface area contributed by atoms with E-state index in [1.165, 1.54) is 4.88 Å². The number of hydrogen-bond donors (Lipinski definition) is 1. The van der Waals surface area contributed by atoms with Gasteiger partial charge in [-0.1, -0.05) is 29.5 Å². The van der Waals surface area contributed by atoms with Gasteiger partial charge in [0.1, 0.15) is 4.88 Å². The quantitative estimate of drug-likeness (QED) is 0.419. The van der Waals surface area contributed by atoms with Crippen LogP contribution < -0.4 is 5.32 Å². The third kappa shape index (κ3) is 3.96. The van der Waals surface area contributed by atoms with Crippen LogP contribution in [0.4, 0.5) is 5.13 Å². The molecule has 0 saturated carbocycles. The standard InChI is InChI=1S/C22H19N3O3S2/c1-4-28-21(27)19-13(3)23-22(30-19)25-20(26)15-11-17(18-10-9-12(2)29-18)24-16-8-6-5-7-14(15)16/h5-11H,4H2,1-3H3,(H,23,25,26). The zero-order chi connectivity index (χ0) is 21.3. The van der Waals surface area contributed by atoms with Crippen molar-refractivity contribution in [3.8, 4) is 10.6 Å². The van der Waals surface area contributed by atoms with E-state index < -0.39 is 5.97 Å². The Bertz CT molecular complexity index is 1260. The summed E-state index contributed by atoms with van der Waals surface area (Å²) in [6.07, 6.45) is 0. The van der Waals surface area contributed by atoms with Crippen molar-refractivity contribution in [2.75, 3.05) is 11.9 Å². The molecule has 30 heavy (non-hydrogen) atoms. The van der Waals surface area contributed by atoms with E-state index in [-0.39, 0.29) is 12.5 Å². The second kappa shape index (κ2) is 8.33. The lowest BCUT2D eigenvalue weighted by molar-refractivity contribution is 0.0531. The number of carbonyl (C=O) groups is 2. The number of benzene rings is 1. The summed E-state index contributed by atoms with van der Waals surface area (Å²) in [5.41, 5.74) is 2.53. The maximum atomic E-state index is 13.1. The number of thiazole rings is 1. The molecule has 0 fully saturated rings. The molecule has 0 unspecified atom stereocenters. The monoisotopic (exact) mass is 437 g/mol. The number of aryl methyl sites for hydroxylation is 2. The lowest BCUT2D eigenvalue weighted by atomic mass is 10.1. The molecular weight excluding hydrogens is 418 g/mol. The van der Waals surface area contributed by atoms with Gasteiger partial charge in [0, 0.05) is 10.3 Å². The Hall–Kier alpha value is -3.10. The zero-order valence-electron chi connectivity index (χ0n) is 16.7. The minimum Gasteiger partial charge on any atom is -0.462 e. The summed E-state index contributed by atoms with van der Waals surface area (Å²) in [7, 11) is 0. The molecule has 0 saturated heterocycles. The number of fused-ring (bicyclic) bond motifs is 1. The summed E-state index contributed by atoms with van der Waals surface area (Å²) < 4.78 is 5.05. The van der Waals surface area contributed by atoms with E-state index in [9.17, 15) is 9.59 Å². The van der Waals surface area contributed by atoms with Crippen LogP contribution in [0.2, 0.25) is 0 Å². The molecule has 0 spiro atoms. The maximum Gasteiger partial charge on any atom is 0.350 e. The molecule has 0 bridgehead atoms. The van der Waals surface area contributed by atoms with Crippen LogP contribution in [0.1, 0.15) is 37.5 Å². The molecule has 4 aromatic rings. The lowest BCUT2D eigenvalue weighted by Crippen LogP contribution is -2.13. The molecule has 0 radical (unpaired) electrons. The molecule has 0 atom stereocenters. The van der Waals surface area contributed by atoms with Crippen LogP contribution in [0.5, 0.6) is 0 Å². The number of anilines is 1. The van der Waals surface area contributed by atoms with Gasteiger partial charge in [0.2, 0.25) is 0 Å². The number of nitrogens with one attached hydrogen (secondary N) is 1. The van der Waals surface area contributed by atoms with Crippen molar-refractivity contribution >= 4 is 50.6 Å². The van der Waals surface area contributed by atoms with Crippen LogP contribution in [-0.2, 0) is 4.74 Å². The predicted octanol–water partition coefficient (Wildman–Crippen LogP) is 5.47. The maximum absolute atomic E-state index is 13.1. The van der Waals surface area contributed by atoms with Gasteiger partial charge >= 0.3 is 5.97 Å². The summed E-state index contributed by atoms with van der Waals surface area (Å²) in [6, 6.07) is 13.4. The Morgan fingerprint density at radius 3 is 2.60 bits per heavy atom.